The van der Waals surface area contributed by atoms with E-state index in [0.717, 1.165) is 39.8 Å². The van der Waals surface area contributed by atoms with Crippen molar-refractivity contribution in [3.05, 3.63) is 53.2 Å². The van der Waals surface area contributed by atoms with Crippen molar-refractivity contribution in [1.82, 2.24) is 14.1 Å². The zero-order chi connectivity index (χ0) is 24.0. The molecule has 2 heterocycles. The van der Waals surface area contributed by atoms with Crippen LogP contribution in [0.4, 0.5) is 8.78 Å². The number of aryl methyl sites for hydroxylation is 1. The van der Waals surface area contributed by atoms with Gasteiger partial charge in [0.05, 0.1) is 30.3 Å². The Kier molecular flexibility index (Phi) is 5.64. The Morgan fingerprint density at radius 3 is 2.65 bits per heavy atom. The third-order valence-electron chi connectivity index (χ3n) is 6.71. The second-order valence-electron chi connectivity index (χ2n) is 8.71. The third-order valence-corrected chi connectivity index (χ3v) is 6.71. The highest BCUT2D eigenvalue weighted by molar-refractivity contribution is 5.95. The summed E-state index contributed by atoms with van der Waals surface area (Å²) in [4.78, 5) is 16.8. The lowest BCUT2D eigenvalue weighted by Crippen LogP contribution is -2.26. The SMILES string of the molecule is CCn1c2c(c3cc(-c4nc5cc(C(=O)OC)ccc5n4CCOC)ccc31)CC(F)(F)CC2. The van der Waals surface area contributed by atoms with E-state index in [1.54, 1.807) is 19.2 Å². The molecule has 0 radical (unpaired) electrons. The largest absolute Gasteiger partial charge is 0.465 e. The lowest BCUT2D eigenvalue weighted by Gasteiger charge is -2.23. The minimum atomic E-state index is -2.69. The van der Waals surface area contributed by atoms with Gasteiger partial charge in [0.25, 0.3) is 5.92 Å². The minimum absolute atomic E-state index is 0.113. The number of hydrogen-bond donors (Lipinski definition) is 0. The number of ether oxygens (including phenoxy) is 2. The first kappa shape index (κ1) is 22.5. The van der Waals surface area contributed by atoms with Gasteiger partial charge in [0.15, 0.2) is 0 Å². The fourth-order valence-electron chi connectivity index (χ4n) is 5.11. The van der Waals surface area contributed by atoms with Crippen molar-refractivity contribution >= 4 is 27.9 Å². The second kappa shape index (κ2) is 8.51. The smallest absolute Gasteiger partial charge is 0.337 e. The van der Waals surface area contributed by atoms with Crippen molar-refractivity contribution < 1.29 is 23.0 Å². The molecule has 178 valence electrons. The van der Waals surface area contributed by atoms with E-state index in [4.69, 9.17) is 14.5 Å². The van der Waals surface area contributed by atoms with Crippen LogP contribution in [-0.4, -0.2) is 46.8 Å². The number of rotatable bonds is 6. The number of esters is 1. The van der Waals surface area contributed by atoms with Crippen LogP contribution in [0.2, 0.25) is 0 Å². The van der Waals surface area contributed by atoms with E-state index in [0.29, 0.717) is 36.5 Å². The molecule has 2 aromatic heterocycles. The minimum Gasteiger partial charge on any atom is -0.465 e. The first-order valence-electron chi connectivity index (χ1n) is 11.5. The van der Waals surface area contributed by atoms with Crippen LogP contribution in [0.15, 0.2) is 36.4 Å². The second-order valence-corrected chi connectivity index (χ2v) is 8.71. The number of aromatic nitrogens is 3. The summed E-state index contributed by atoms with van der Waals surface area (Å²) >= 11 is 0. The van der Waals surface area contributed by atoms with E-state index in [-0.39, 0.29) is 12.8 Å². The normalized spacial score (nSPS) is 15.1. The summed E-state index contributed by atoms with van der Waals surface area (Å²) in [7, 11) is 2.98. The average Bonchev–Trinajstić information content (AvgIpc) is 3.35. The molecule has 0 N–H and O–H groups in total. The van der Waals surface area contributed by atoms with E-state index in [9.17, 15) is 13.6 Å². The first-order valence-corrected chi connectivity index (χ1v) is 11.5. The van der Waals surface area contributed by atoms with E-state index in [2.05, 4.69) is 4.57 Å². The molecule has 0 bridgehead atoms. The van der Waals surface area contributed by atoms with Crippen LogP contribution in [-0.2, 0) is 35.4 Å². The summed E-state index contributed by atoms with van der Waals surface area (Å²) in [5, 5.41) is 0.856. The zero-order valence-electron chi connectivity index (χ0n) is 19.5. The van der Waals surface area contributed by atoms with E-state index >= 15 is 0 Å². The quantitative estimate of drug-likeness (QED) is 0.364. The number of carbonyl (C=O) groups is 1. The number of alkyl halides is 2. The Bertz CT molecular complexity index is 1400. The predicted octanol–water partition coefficient (Wildman–Crippen LogP) is 5.23. The van der Waals surface area contributed by atoms with Crippen molar-refractivity contribution in [3.8, 4) is 11.4 Å². The van der Waals surface area contributed by atoms with Gasteiger partial charge in [-0.25, -0.2) is 18.6 Å². The van der Waals surface area contributed by atoms with Gasteiger partial charge in [-0.1, -0.05) is 0 Å². The molecule has 8 heteroatoms. The summed E-state index contributed by atoms with van der Waals surface area (Å²) in [6.07, 6.45) is 0.0270. The summed E-state index contributed by atoms with van der Waals surface area (Å²) in [5.74, 6) is -2.41. The van der Waals surface area contributed by atoms with Gasteiger partial charge in [-0.3, -0.25) is 0 Å². The van der Waals surface area contributed by atoms with Crippen molar-refractivity contribution in [2.24, 2.45) is 0 Å². The highest BCUT2D eigenvalue weighted by Gasteiger charge is 2.37. The van der Waals surface area contributed by atoms with Crippen LogP contribution in [0, 0.1) is 0 Å². The Labute approximate surface area is 196 Å². The molecule has 5 rings (SSSR count). The first-order chi connectivity index (χ1) is 16.4. The number of carbonyl (C=O) groups excluding carboxylic acids is 1. The van der Waals surface area contributed by atoms with Gasteiger partial charge in [0, 0.05) is 55.2 Å². The molecule has 0 saturated carbocycles. The Morgan fingerprint density at radius 1 is 1.12 bits per heavy atom. The van der Waals surface area contributed by atoms with E-state index in [1.165, 1.54) is 7.11 Å². The molecule has 1 aliphatic carbocycles. The Morgan fingerprint density at radius 2 is 1.91 bits per heavy atom. The molecule has 2 aromatic carbocycles. The van der Waals surface area contributed by atoms with Crippen molar-refractivity contribution in [2.45, 2.75) is 45.2 Å². The molecule has 4 aromatic rings. The summed E-state index contributed by atoms with van der Waals surface area (Å²) in [6, 6.07) is 11.2. The van der Waals surface area contributed by atoms with Crippen molar-refractivity contribution in [3.63, 3.8) is 0 Å². The summed E-state index contributed by atoms with van der Waals surface area (Å²) < 4.78 is 43.0. The average molecular weight is 468 g/mol. The summed E-state index contributed by atoms with van der Waals surface area (Å²) in [6.45, 7) is 3.82. The lowest BCUT2D eigenvalue weighted by molar-refractivity contribution is -0.0125. The Hall–Kier alpha value is -3.26. The fraction of sp³-hybridized carbons (Fsp3) is 0.385. The molecule has 0 amide bonds. The van der Waals surface area contributed by atoms with E-state index in [1.807, 2.05) is 35.8 Å². The Balaban J connectivity index is 1.70. The van der Waals surface area contributed by atoms with Crippen molar-refractivity contribution in [2.75, 3.05) is 20.8 Å². The van der Waals surface area contributed by atoms with Crippen LogP contribution in [0.1, 0.15) is 35.0 Å². The van der Waals surface area contributed by atoms with Gasteiger partial charge in [-0.15, -0.1) is 0 Å². The summed E-state index contributed by atoms with van der Waals surface area (Å²) in [5.41, 5.74) is 5.50. The number of imidazole rings is 1. The van der Waals surface area contributed by atoms with Crippen molar-refractivity contribution in [1.29, 1.82) is 0 Å². The maximum absolute atomic E-state index is 14.3. The standard InChI is InChI=1S/C26H27F2N3O3/c1-4-30-21-7-5-16(13-18(21)19-15-26(27,28)10-9-22(19)30)24-29-20-14-17(25(32)34-3)6-8-23(20)31(24)11-12-33-2/h5-8,13-14H,4,9-12,15H2,1-3H3. The highest BCUT2D eigenvalue weighted by Crippen LogP contribution is 2.40. The van der Waals surface area contributed by atoms with Crippen LogP contribution in [0.5, 0.6) is 0 Å². The van der Waals surface area contributed by atoms with Gasteiger partial charge in [-0.05, 0) is 55.3 Å². The molecule has 0 unspecified atom stereocenters. The number of methoxy groups -OCH3 is 2. The highest BCUT2D eigenvalue weighted by atomic mass is 19.3. The molecule has 34 heavy (non-hydrogen) atoms. The fourth-order valence-corrected chi connectivity index (χ4v) is 5.11. The van der Waals surface area contributed by atoms with Crippen LogP contribution in [0.3, 0.4) is 0 Å². The number of benzene rings is 2. The maximum Gasteiger partial charge on any atom is 0.337 e. The van der Waals surface area contributed by atoms with Crippen LogP contribution < -0.4 is 0 Å². The van der Waals surface area contributed by atoms with Gasteiger partial charge in [0.1, 0.15) is 5.82 Å². The monoisotopic (exact) mass is 467 g/mol. The number of halogens is 2. The third kappa shape index (κ3) is 3.66. The van der Waals surface area contributed by atoms with Crippen LogP contribution >= 0.6 is 0 Å². The molecule has 0 saturated heterocycles. The molecule has 0 aliphatic heterocycles. The van der Waals surface area contributed by atoms with Gasteiger partial charge in [0.2, 0.25) is 0 Å². The molecule has 0 atom stereocenters. The van der Waals surface area contributed by atoms with Crippen LogP contribution in [0.25, 0.3) is 33.3 Å². The number of fused-ring (bicyclic) bond motifs is 4. The van der Waals surface area contributed by atoms with Gasteiger partial charge < -0.3 is 18.6 Å². The van der Waals surface area contributed by atoms with Gasteiger partial charge >= 0.3 is 5.97 Å². The molecule has 1 aliphatic rings. The molecule has 6 nitrogen and oxygen atoms in total. The number of nitrogens with zero attached hydrogens (tertiary/aromatic N) is 3. The molecular weight excluding hydrogens is 440 g/mol. The topological polar surface area (TPSA) is 58.3 Å². The maximum atomic E-state index is 14.3. The zero-order valence-corrected chi connectivity index (χ0v) is 19.5. The molecular formula is C26H27F2N3O3. The molecule has 0 fully saturated rings. The lowest BCUT2D eigenvalue weighted by atomic mass is 9.92. The number of hydrogen-bond acceptors (Lipinski definition) is 4. The molecule has 0 spiro atoms. The predicted molar refractivity (Wildman–Crippen MR) is 127 cm³/mol. The van der Waals surface area contributed by atoms with Gasteiger partial charge in [-0.2, -0.15) is 0 Å². The van der Waals surface area contributed by atoms with E-state index < -0.39 is 11.9 Å².